The topological polar surface area (TPSA) is 151 Å². The number of carbonyl (C=O) groups is 1. The fourth-order valence-electron chi connectivity index (χ4n) is 3.99. The van der Waals surface area contributed by atoms with Gasteiger partial charge in [-0.1, -0.05) is 48.5 Å². The van der Waals surface area contributed by atoms with E-state index in [1.807, 2.05) is 30.3 Å². The number of carbonyl (C=O) groups excluding carboxylic acids is 1. The van der Waals surface area contributed by atoms with Crippen LogP contribution in [0.15, 0.2) is 99.7 Å². The highest BCUT2D eigenvalue weighted by molar-refractivity contribution is 6.19. The Labute approximate surface area is 231 Å². The maximum atomic E-state index is 13.3. The zero-order valence-corrected chi connectivity index (χ0v) is 21.1. The minimum atomic E-state index is -4.67. The second-order valence-electron chi connectivity index (χ2n) is 8.70. The molecule has 1 atom stereocenters. The van der Waals surface area contributed by atoms with Gasteiger partial charge in [-0.15, -0.1) is 0 Å². The molecule has 2 aromatic heterocycles. The Morgan fingerprint density at radius 2 is 1.88 bits per heavy atom. The predicted molar refractivity (Wildman–Crippen MR) is 146 cm³/mol. The monoisotopic (exact) mass is 561 g/mol. The van der Waals surface area contributed by atoms with Crippen LogP contribution in [0, 0.1) is 5.41 Å². The van der Waals surface area contributed by atoms with Gasteiger partial charge in [0.05, 0.1) is 35.5 Å². The van der Waals surface area contributed by atoms with Crippen LogP contribution in [-0.2, 0) is 22.3 Å². The highest BCUT2D eigenvalue weighted by Gasteiger charge is 2.32. The molecule has 5 N–H and O–H groups in total. The fourth-order valence-corrected chi connectivity index (χ4v) is 3.99. The van der Waals surface area contributed by atoms with Gasteiger partial charge in [-0.25, -0.2) is 9.98 Å². The van der Waals surface area contributed by atoms with E-state index in [4.69, 9.17) is 20.3 Å². The number of ether oxygens (including phenoxy) is 1. The molecule has 1 aliphatic rings. The summed E-state index contributed by atoms with van der Waals surface area (Å²) in [5.74, 6) is -0.865. The number of furan rings is 1. The minimum Gasteiger partial charge on any atom is -0.467 e. The molecular formula is C28H22F3N7O3. The predicted octanol–water partition coefficient (Wildman–Crippen LogP) is 4.78. The molecule has 0 saturated heterocycles. The van der Waals surface area contributed by atoms with Gasteiger partial charge in [0.2, 0.25) is 12.1 Å². The first kappa shape index (κ1) is 27.1. The molecule has 0 spiro atoms. The van der Waals surface area contributed by atoms with Gasteiger partial charge in [-0.3, -0.25) is 10.2 Å². The number of aliphatic imine (C=N–C) groups is 2. The average molecular weight is 562 g/mol. The van der Waals surface area contributed by atoms with E-state index in [0.717, 1.165) is 11.6 Å². The molecule has 208 valence electrons. The van der Waals surface area contributed by atoms with Gasteiger partial charge in [0.15, 0.2) is 0 Å². The molecule has 0 radical (unpaired) electrons. The highest BCUT2D eigenvalue weighted by Crippen LogP contribution is 2.32. The second kappa shape index (κ2) is 11.3. The van der Waals surface area contributed by atoms with Gasteiger partial charge in [-0.05, 0) is 24.3 Å². The third-order valence-corrected chi connectivity index (χ3v) is 5.89. The molecule has 10 nitrogen and oxygen atoms in total. The number of rotatable bonds is 6. The van der Waals surface area contributed by atoms with E-state index in [-0.39, 0.29) is 17.9 Å². The van der Waals surface area contributed by atoms with Crippen molar-refractivity contribution in [3.8, 4) is 0 Å². The molecule has 1 unspecified atom stereocenters. The summed E-state index contributed by atoms with van der Waals surface area (Å²) in [5, 5.41) is 13.9. The number of hydrogen-bond acceptors (Lipinski definition) is 8. The molecule has 5 rings (SSSR count). The Bertz CT molecular complexity index is 1640. The third-order valence-electron chi connectivity index (χ3n) is 5.89. The summed E-state index contributed by atoms with van der Waals surface area (Å²) in [6.45, 7) is 0.0135. The molecule has 1 amide bonds. The van der Waals surface area contributed by atoms with E-state index in [2.05, 4.69) is 25.6 Å². The third kappa shape index (κ3) is 6.24. The molecule has 3 heterocycles. The zero-order chi connectivity index (χ0) is 29.0. The van der Waals surface area contributed by atoms with Crippen molar-refractivity contribution in [1.82, 2.24) is 4.98 Å². The normalized spacial score (nSPS) is 15.3. The van der Waals surface area contributed by atoms with E-state index in [1.54, 1.807) is 36.4 Å². The van der Waals surface area contributed by atoms with Gasteiger partial charge in [0.25, 0.3) is 11.9 Å². The average Bonchev–Trinajstić information content (AvgIpc) is 3.43. The summed E-state index contributed by atoms with van der Waals surface area (Å²) in [5.41, 5.74) is 6.87. The first-order valence-electron chi connectivity index (χ1n) is 12.2. The van der Waals surface area contributed by atoms with Gasteiger partial charge in [0.1, 0.15) is 11.5 Å². The van der Waals surface area contributed by atoms with Crippen LogP contribution < -0.4 is 16.4 Å². The lowest BCUT2D eigenvalue weighted by Gasteiger charge is -2.15. The first-order valence-corrected chi connectivity index (χ1v) is 12.2. The number of anilines is 2. The molecule has 4 aromatic rings. The zero-order valence-electron chi connectivity index (χ0n) is 21.1. The molecule has 1 aliphatic heterocycles. The largest absolute Gasteiger partial charge is 0.467 e. The standard InChI is InChI=1S/C28H22F3N7O3/c29-28(30,31)17-13-21(34-15-18-9-6-12-40-18)23(35-14-17)24(32)41-27(33)38-25-26(39)36-20-11-5-4-10-19(20)22(37-25)16-7-2-1-3-8-16/h1-14,25,32,34H,15H2,(H2,33,38)(H,36,39). The van der Waals surface area contributed by atoms with Gasteiger partial charge < -0.3 is 25.5 Å². The van der Waals surface area contributed by atoms with Crippen LogP contribution in [0.5, 0.6) is 0 Å². The quantitative estimate of drug-likeness (QED) is 0.197. The number of alkyl halides is 3. The number of benzodiazepines with no additional fused rings is 1. The van der Waals surface area contributed by atoms with Crippen LogP contribution >= 0.6 is 0 Å². The summed E-state index contributed by atoms with van der Waals surface area (Å²) >= 11 is 0. The second-order valence-corrected chi connectivity index (χ2v) is 8.70. The Hall–Kier alpha value is -5.46. The molecule has 0 saturated carbocycles. The smallest absolute Gasteiger partial charge is 0.417 e. The van der Waals surface area contributed by atoms with Crippen molar-refractivity contribution in [2.45, 2.75) is 18.9 Å². The van der Waals surface area contributed by atoms with Crippen molar-refractivity contribution >= 4 is 34.9 Å². The van der Waals surface area contributed by atoms with Crippen molar-refractivity contribution in [2.75, 3.05) is 10.6 Å². The van der Waals surface area contributed by atoms with Crippen LogP contribution in [0.1, 0.15) is 28.1 Å². The number of pyridine rings is 1. The van der Waals surface area contributed by atoms with Crippen molar-refractivity contribution in [3.63, 3.8) is 0 Å². The Balaban J connectivity index is 1.43. The lowest BCUT2D eigenvalue weighted by Crippen LogP contribution is -2.29. The lowest BCUT2D eigenvalue weighted by molar-refractivity contribution is -0.137. The van der Waals surface area contributed by atoms with Crippen LogP contribution in [0.4, 0.5) is 24.5 Å². The van der Waals surface area contributed by atoms with Crippen LogP contribution in [0.25, 0.3) is 0 Å². The van der Waals surface area contributed by atoms with Crippen molar-refractivity contribution in [1.29, 1.82) is 5.41 Å². The maximum absolute atomic E-state index is 13.3. The fraction of sp³-hybridized carbons (Fsp3) is 0.107. The number of nitrogens with one attached hydrogen (secondary N) is 3. The Morgan fingerprint density at radius 1 is 1.12 bits per heavy atom. The van der Waals surface area contributed by atoms with E-state index in [1.165, 1.54) is 6.26 Å². The molecule has 0 aliphatic carbocycles. The Kier molecular flexibility index (Phi) is 7.50. The molecular weight excluding hydrogens is 539 g/mol. The van der Waals surface area contributed by atoms with E-state index in [0.29, 0.717) is 28.9 Å². The number of halogens is 3. The number of para-hydroxylation sites is 1. The number of amidine groups is 1. The van der Waals surface area contributed by atoms with Crippen molar-refractivity contribution in [3.05, 3.63) is 113 Å². The summed E-state index contributed by atoms with van der Waals surface area (Å²) in [6, 6.07) is 19.7. The number of nitrogens with two attached hydrogens (primary N) is 1. The summed E-state index contributed by atoms with van der Waals surface area (Å²) in [6.07, 6.45) is -4.07. The number of fused-ring (bicyclic) bond motifs is 1. The number of amides is 1. The van der Waals surface area contributed by atoms with Gasteiger partial charge in [0, 0.05) is 17.3 Å². The van der Waals surface area contributed by atoms with E-state index in [9.17, 15) is 18.0 Å². The van der Waals surface area contributed by atoms with Crippen LogP contribution in [0.3, 0.4) is 0 Å². The number of nitrogens with zero attached hydrogens (tertiary/aromatic N) is 3. The lowest BCUT2D eigenvalue weighted by atomic mass is 10.0. The van der Waals surface area contributed by atoms with Crippen molar-refractivity contribution in [2.24, 2.45) is 15.7 Å². The molecule has 41 heavy (non-hydrogen) atoms. The van der Waals surface area contributed by atoms with Crippen molar-refractivity contribution < 1.29 is 27.1 Å². The number of benzene rings is 2. The number of aromatic nitrogens is 1. The van der Waals surface area contributed by atoms with Gasteiger partial charge >= 0.3 is 6.18 Å². The Morgan fingerprint density at radius 3 is 2.61 bits per heavy atom. The van der Waals surface area contributed by atoms with E-state index < -0.39 is 35.7 Å². The summed E-state index contributed by atoms with van der Waals surface area (Å²) in [4.78, 5) is 25.4. The SMILES string of the molecule is N=C(O/C(N)=N/C1N=C(c2ccccc2)c2ccccc2NC1=O)c1ncc(C(F)(F)F)cc1NCc1ccco1. The summed E-state index contributed by atoms with van der Waals surface area (Å²) < 4.78 is 50.6. The minimum absolute atomic E-state index is 0.0135. The maximum Gasteiger partial charge on any atom is 0.417 e. The van der Waals surface area contributed by atoms with Crippen LogP contribution in [-0.4, -0.2) is 34.7 Å². The molecule has 0 fully saturated rings. The van der Waals surface area contributed by atoms with Crippen LogP contribution in [0.2, 0.25) is 0 Å². The summed E-state index contributed by atoms with van der Waals surface area (Å²) in [7, 11) is 0. The number of hydrogen-bond donors (Lipinski definition) is 4. The molecule has 2 aromatic carbocycles. The molecule has 0 bridgehead atoms. The molecule has 13 heteroatoms. The highest BCUT2D eigenvalue weighted by atomic mass is 19.4. The van der Waals surface area contributed by atoms with E-state index >= 15 is 0 Å². The first-order chi connectivity index (χ1) is 19.7. The van der Waals surface area contributed by atoms with Gasteiger partial charge in [-0.2, -0.15) is 18.2 Å².